The first-order valence-electron chi connectivity index (χ1n) is 12.6. The number of carbonyl (C=O) groups excluding carboxylic acids is 1. The number of likely N-dealkylation sites (tertiary alicyclic amines) is 1. The molecule has 6 heteroatoms. The fourth-order valence-electron chi connectivity index (χ4n) is 6.60. The highest BCUT2D eigenvalue weighted by atomic mass is 19.1. The number of nitrogens with zero attached hydrogens (tertiary/aromatic N) is 3. The monoisotopic (exact) mass is 440 g/mol. The number of hydrogen-bond donors (Lipinski definition) is 1. The predicted molar refractivity (Wildman–Crippen MR) is 125 cm³/mol. The molecule has 1 aliphatic carbocycles. The van der Waals surface area contributed by atoms with Gasteiger partial charge in [-0.15, -0.1) is 0 Å². The van der Waals surface area contributed by atoms with E-state index in [9.17, 15) is 9.18 Å². The van der Waals surface area contributed by atoms with Crippen LogP contribution in [0.1, 0.15) is 63.5 Å². The molecular formula is C26H37FN4O. The van der Waals surface area contributed by atoms with E-state index < -0.39 is 5.41 Å². The number of rotatable bonds is 4. The second-order valence-electron chi connectivity index (χ2n) is 10.6. The lowest BCUT2D eigenvalue weighted by Gasteiger charge is -2.49. The second-order valence-corrected chi connectivity index (χ2v) is 10.6. The molecule has 0 bridgehead atoms. The molecule has 1 aromatic rings. The molecule has 4 aliphatic rings. The number of halogens is 1. The van der Waals surface area contributed by atoms with Gasteiger partial charge in [0.15, 0.2) is 0 Å². The fourth-order valence-corrected chi connectivity index (χ4v) is 6.60. The third kappa shape index (κ3) is 3.95. The normalized spacial score (nSPS) is 28.1. The van der Waals surface area contributed by atoms with Gasteiger partial charge in [0.25, 0.3) is 0 Å². The zero-order valence-corrected chi connectivity index (χ0v) is 19.6. The number of carbonyl (C=O) groups is 1. The number of hydrogen-bond acceptors (Lipinski definition) is 4. The summed E-state index contributed by atoms with van der Waals surface area (Å²) in [5, 5.41) is 3.29. The number of aliphatic imine (C=N–C) groups is 1. The quantitative estimate of drug-likeness (QED) is 0.776. The van der Waals surface area contributed by atoms with Crippen molar-refractivity contribution < 1.29 is 9.18 Å². The third-order valence-corrected chi connectivity index (χ3v) is 8.58. The molecule has 0 radical (unpaired) electrons. The Balaban J connectivity index is 1.34. The molecule has 3 aliphatic heterocycles. The summed E-state index contributed by atoms with van der Waals surface area (Å²) in [5.41, 5.74) is 1.50. The van der Waals surface area contributed by atoms with E-state index in [1.165, 1.54) is 31.7 Å². The standard InChI is InChI=1S/C26H37FN4O/c1-18(2)19-3-6-22(7-4-19)30-13-9-26(10-14-30)23-8-5-21(27)15-20(23)16-31(25(26)32)17-24-28-11-12-29-24/h5,8,15,18-19,22H,3-4,6-7,9-14,16-17H2,1-2H3,(H,28,29). The maximum Gasteiger partial charge on any atom is 0.234 e. The van der Waals surface area contributed by atoms with Crippen LogP contribution in [0.15, 0.2) is 23.2 Å². The molecule has 0 atom stereocenters. The minimum Gasteiger partial charge on any atom is -0.370 e. The van der Waals surface area contributed by atoms with E-state index in [-0.39, 0.29) is 11.7 Å². The molecule has 0 unspecified atom stereocenters. The molecule has 1 saturated heterocycles. The van der Waals surface area contributed by atoms with Crippen LogP contribution in [0.25, 0.3) is 0 Å². The van der Waals surface area contributed by atoms with Crippen LogP contribution in [0, 0.1) is 17.7 Å². The molecule has 1 aromatic carbocycles. The van der Waals surface area contributed by atoms with Crippen LogP contribution in [0.2, 0.25) is 0 Å². The van der Waals surface area contributed by atoms with Crippen molar-refractivity contribution in [3.63, 3.8) is 0 Å². The van der Waals surface area contributed by atoms with Gasteiger partial charge in [0, 0.05) is 19.1 Å². The van der Waals surface area contributed by atoms with Crippen molar-refractivity contribution in [1.29, 1.82) is 0 Å². The number of nitrogens with one attached hydrogen (secondary N) is 1. The van der Waals surface area contributed by atoms with Gasteiger partial charge in [-0.2, -0.15) is 0 Å². The second kappa shape index (κ2) is 8.77. The Kier molecular flexibility index (Phi) is 5.99. The summed E-state index contributed by atoms with van der Waals surface area (Å²) in [6.45, 7) is 9.17. The van der Waals surface area contributed by atoms with Gasteiger partial charge in [-0.05, 0) is 86.7 Å². The average Bonchev–Trinajstić information content (AvgIpc) is 3.31. The number of amidine groups is 1. The smallest absolute Gasteiger partial charge is 0.234 e. The highest BCUT2D eigenvalue weighted by Gasteiger charge is 2.49. The number of benzene rings is 1. The van der Waals surface area contributed by atoms with Gasteiger partial charge in [0.05, 0.1) is 18.5 Å². The largest absolute Gasteiger partial charge is 0.370 e. The van der Waals surface area contributed by atoms with Crippen molar-refractivity contribution in [2.75, 3.05) is 32.7 Å². The predicted octanol–water partition coefficient (Wildman–Crippen LogP) is 3.72. The molecule has 174 valence electrons. The van der Waals surface area contributed by atoms with E-state index in [1.54, 1.807) is 6.07 Å². The zero-order valence-electron chi connectivity index (χ0n) is 19.6. The van der Waals surface area contributed by atoms with Crippen molar-refractivity contribution in [1.82, 2.24) is 15.1 Å². The van der Waals surface area contributed by atoms with Crippen LogP contribution in [0.5, 0.6) is 0 Å². The summed E-state index contributed by atoms with van der Waals surface area (Å²) in [7, 11) is 0. The van der Waals surface area contributed by atoms with Crippen LogP contribution < -0.4 is 5.32 Å². The third-order valence-electron chi connectivity index (χ3n) is 8.58. The summed E-state index contributed by atoms with van der Waals surface area (Å²) in [6.07, 6.45) is 6.87. The van der Waals surface area contributed by atoms with E-state index in [2.05, 4.69) is 29.1 Å². The topological polar surface area (TPSA) is 47.9 Å². The van der Waals surface area contributed by atoms with E-state index in [0.29, 0.717) is 19.1 Å². The average molecular weight is 441 g/mol. The summed E-state index contributed by atoms with van der Waals surface area (Å²) < 4.78 is 14.1. The first-order valence-corrected chi connectivity index (χ1v) is 12.6. The Bertz CT molecular complexity index is 882. The van der Waals surface area contributed by atoms with Gasteiger partial charge in [-0.25, -0.2) is 4.39 Å². The van der Waals surface area contributed by atoms with Crippen molar-refractivity contribution in [2.45, 2.75) is 70.4 Å². The highest BCUT2D eigenvalue weighted by Crippen LogP contribution is 2.44. The summed E-state index contributed by atoms with van der Waals surface area (Å²) >= 11 is 0. The first kappa shape index (κ1) is 21.9. The Morgan fingerprint density at radius 1 is 1.19 bits per heavy atom. The van der Waals surface area contributed by atoms with Crippen molar-refractivity contribution in [3.8, 4) is 0 Å². The van der Waals surface area contributed by atoms with E-state index in [4.69, 9.17) is 0 Å². The lowest BCUT2D eigenvalue weighted by molar-refractivity contribution is -0.141. The van der Waals surface area contributed by atoms with Gasteiger partial charge in [0.2, 0.25) is 5.91 Å². The van der Waals surface area contributed by atoms with Gasteiger partial charge >= 0.3 is 0 Å². The maximum atomic E-state index is 14.1. The van der Waals surface area contributed by atoms with E-state index in [1.807, 2.05) is 11.0 Å². The van der Waals surface area contributed by atoms with Gasteiger partial charge in [-0.1, -0.05) is 19.9 Å². The van der Waals surface area contributed by atoms with Crippen LogP contribution in [0.4, 0.5) is 4.39 Å². The van der Waals surface area contributed by atoms with Crippen LogP contribution in [-0.4, -0.2) is 60.3 Å². The molecule has 1 amide bonds. The van der Waals surface area contributed by atoms with Gasteiger partial charge < -0.3 is 15.1 Å². The summed E-state index contributed by atoms with van der Waals surface area (Å²) in [5.74, 6) is 2.51. The molecule has 3 heterocycles. The highest BCUT2D eigenvalue weighted by molar-refractivity contribution is 5.95. The molecule has 5 rings (SSSR count). The van der Waals surface area contributed by atoms with Crippen molar-refractivity contribution in [2.24, 2.45) is 16.8 Å². The van der Waals surface area contributed by atoms with E-state index >= 15 is 0 Å². The van der Waals surface area contributed by atoms with Gasteiger partial charge in [0.1, 0.15) is 11.7 Å². The summed E-state index contributed by atoms with van der Waals surface area (Å²) in [6, 6.07) is 5.71. The molecule has 32 heavy (non-hydrogen) atoms. The molecule has 5 nitrogen and oxygen atoms in total. The fraction of sp³-hybridized carbons (Fsp3) is 0.692. The Hall–Kier alpha value is -1.95. The summed E-state index contributed by atoms with van der Waals surface area (Å²) in [4.78, 5) is 22.9. The molecule has 2 fully saturated rings. The molecule has 1 saturated carbocycles. The lowest BCUT2D eigenvalue weighted by atomic mass is 9.67. The van der Waals surface area contributed by atoms with Crippen LogP contribution in [-0.2, 0) is 16.8 Å². The van der Waals surface area contributed by atoms with Gasteiger partial charge in [-0.3, -0.25) is 9.79 Å². The molecule has 1 spiro atoms. The number of fused-ring (bicyclic) bond motifs is 2. The minimum atomic E-state index is -0.522. The Labute approximate surface area is 191 Å². The van der Waals surface area contributed by atoms with Crippen LogP contribution >= 0.6 is 0 Å². The lowest BCUT2D eigenvalue weighted by Crippen LogP contribution is -2.58. The van der Waals surface area contributed by atoms with Crippen molar-refractivity contribution >= 4 is 11.7 Å². The van der Waals surface area contributed by atoms with Crippen LogP contribution in [0.3, 0.4) is 0 Å². The minimum absolute atomic E-state index is 0.205. The number of piperidine rings is 1. The molecule has 0 aromatic heterocycles. The maximum absolute atomic E-state index is 14.1. The molecular weight excluding hydrogens is 403 g/mol. The first-order chi connectivity index (χ1) is 15.5. The zero-order chi connectivity index (χ0) is 22.3. The SMILES string of the molecule is CC(C)C1CCC(N2CCC3(CC2)C(=O)N(CC2=NCCN2)Cc2cc(F)ccc23)CC1. The Morgan fingerprint density at radius 3 is 2.59 bits per heavy atom. The van der Waals surface area contributed by atoms with E-state index in [0.717, 1.165) is 67.8 Å². The molecule has 1 N–H and O–H groups in total. The Morgan fingerprint density at radius 2 is 1.94 bits per heavy atom. The number of amides is 1. The van der Waals surface area contributed by atoms with Crippen molar-refractivity contribution in [3.05, 3.63) is 35.1 Å².